The van der Waals surface area contributed by atoms with Gasteiger partial charge in [0, 0.05) is 0 Å². The fourth-order valence-electron chi connectivity index (χ4n) is 1.12. The Hall–Kier alpha value is -0.900. The average molecular weight is 196 g/mol. The molecule has 1 aromatic rings. The Balaban J connectivity index is 2.45. The minimum absolute atomic E-state index is 0.313. The van der Waals surface area contributed by atoms with Gasteiger partial charge in [-0.1, -0.05) is 29.8 Å². The minimum atomic E-state index is -1.12. The van der Waals surface area contributed by atoms with Crippen LogP contribution in [0.15, 0.2) is 24.3 Å². The second kappa shape index (κ2) is 5.10. The maximum atomic E-state index is 9.18. The first-order valence-corrected chi connectivity index (χ1v) is 4.63. The highest BCUT2D eigenvalue weighted by atomic mass is 16.6. The van der Waals surface area contributed by atoms with Crippen LogP contribution in [0, 0.1) is 6.92 Å². The van der Waals surface area contributed by atoms with E-state index >= 15 is 0 Å². The van der Waals surface area contributed by atoms with Crippen molar-refractivity contribution in [2.24, 2.45) is 0 Å². The predicted molar refractivity (Wildman–Crippen MR) is 53.7 cm³/mol. The Kier molecular flexibility index (Phi) is 4.07. The summed E-state index contributed by atoms with van der Waals surface area (Å²) in [6.07, 6.45) is -1.98. The number of aryl methyl sites for hydroxylation is 1. The van der Waals surface area contributed by atoms with Crippen molar-refractivity contribution in [1.82, 2.24) is 0 Å². The number of aliphatic hydroxyl groups is 2. The molecule has 0 radical (unpaired) electrons. The van der Waals surface area contributed by atoms with Gasteiger partial charge in [0.25, 0.3) is 0 Å². The van der Waals surface area contributed by atoms with Crippen LogP contribution in [0.1, 0.15) is 18.1 Å². The maximum absolute atomic E-state index is 9.18. The lowest BCUT2D eigenvalue weighted by Crippen LogP contribution is -2.25. The molecule has 78 valence electrons. The van der Waals surface area contributed by atoms with Crippen LogP contribution < -0.4 is 0 Å². The lowest BCUT2D eigenvalue weighted by atomic mass is 10.1. The topological polar surface area (TPSA) is 49.7 Å². The molecule has 2 unspecified atom stereocenters. The quantitative estimate of drug-likeness (QED) is 0.712. The SMILES string of the molecule is Cc1cccc(COC(O)C(C)O)c1. The number of hydrogen-bond donors (Lipinski definition) is 2. The summed E-state index contributed by atoms with van der Waals surface area (Å²) in [6, 6.07) is 7.83. The molecule has 0 heterocycles. The van der Waals surface area contributed by atoms with Crippen LogP contribution in [0.3, 0.4) is 0 Å². The summed E-state index contributed by atoms with van der Waals surface area (Å²) >= 11 is 0. The molecule has 3 heteroatoms. The summed E-state index contributed by atoms with van der Waals surface area (Å²) in [4.78, 5) is 0. The highest BCUT2D eigenvalue weighted by Crippen LogP contribution is 2.07. The van der Waals surface area contributed by atoms with Crippen molar-refractivity contribution in [3.8, 4) is 0 Å². The molecule has 2 atom stereocenters. The summed E-state index contributed by atoms with van der Waals surface area (Å²) in [5, 5.41) is 18.2. The van der Waals surface area contributed by atoms with Crippen LogP contribution in [-0.2, 0) is 11.3 Å². The largest absolute Gasteiger partial charge is 0.388 e. The molecule has 14 heavy (non-hydrogen) atoms. The van der Waals surface area contributed by atoms with Gasteiger partial charge in [0.2, 0.25) is 0 Å². The van der Waals surface area contributed by atoms with Crippen molar-refractivity contribution in [3.63, 3.8) is 0 Å². The molecule has 1 rings (SSSR count). The highest BCUT2D eigenvalue weighted by Gasteiger charge is 2.10. The van der Waals surface area contributed by atoms with E-state index in [4.69, 9.17) is 9.84 Å². The second-order valence-corrected chi connectivity index (χ2v) is 3.43. The summed E-state index contributed by atoms with van der Waals surface area (Å²) in [6.45, 7) is 3.79. The first-order chi connectivity index (χ1) is 6.59. The smallest absolute Gasteiger partial charge is 0.180 e. The monoisotopic (exact) mass is 196 g/mol. The molecular formula is C11H16O3. The predicted octanol–water partition coefficient (Wildman–Crippen LogP) is 1.21. The third-order valence-corrected chi connectivity index (χ3v) is 1.92. The third kappa shape index (κ3) is 3.46. The highest BCUT2D eigenvalue weighted by molar-refractivity contribution is 5.21. The van der Waals surface area contributed by atoms with E-state index in [1.807, 2.05) is 31.2 Å². The second-order valence-electron chi connectivity index (χ2n) is 3.43. The lowest BCUT2D eigenvalue weighted by Gasteiger charge is -2.14. The Labute approximate surface area is 84.0 Å². The Bertz CT molecular complexity index is 284. The molecule has 0 aromatic heterocycles. The zero-order valence-corrected chi connectivity index (χ0v) is 8.47. The van der Waals surface area contributed by atoms with Crippen LogP contribution in [-0.4, -0.2) is 22.6 Å². The van der Waals surface area contributed by atoms with Crippen molar-refractivity contribution in [2.75, 3.05) is 0 Å². The van der Waals surface area contributed by atoms with Gasteiger partial charge in [-0.3, -0.25) is 0 Å². The molecule has 0 bridgehead atoms. The van der Waals surface area contributed by atoms with Gasteiger partial charge in [0.1, 0.15) is 6.10 Å². The van der Waals surface area contributed by atoms with Gasteiger partial charge in [-0.2, -0.15) is 0 Å². The molecule has 0 aliphatic carbocycles. The van der Waals surface area contributed by atoms with E-state index in [0.29, 0.717) is 6.61 Å². The Morgan fingerprint density at radius 1 is 1.36 bits per heavy atom. The summed E-state index contributed by atoms with van der Waals surface area (Å²) in [5.74, 6) is 0. The zero-order valence-electron chi connectivity index (χ0n) is 8.47. The van der Waals surface area contributed by atoms with Crippen LogP contribution in [0.2, 0.25) is 0 Å². The Morgan fingerprint density at radius 3 is 2.64 bits per heavy atom. The fourth-order valence-corrected chi connectivity index (χ4v) is 1.12. The molecule has 0 amide bonds. The molecule has 0 saturated heterocycles. The van der Waals surface area contributed by atoms with E-state index in [2.05, 4.69) is 0 Å². The summed E-state index contributed by atoms with van der Waals surface area (Å²) < 4.78 is 5.05. The molecule has 3 nitrogen and oxygen atoms in total. The maximum Gasteiger partial charge on any atom is 0.180 e. The molecule has 2 N–H and O–H groups in total. The van der Waals surface area contributed by atoms with E-state index in [9.17, 15) is 5.11 Å². The molecule has 0 spiro atoms. The number of hydrogen-bond acceptors (Lipinski definition) is 3. The van der Waals surface area contributed by atoms with Gasteiger partial charge in [-0.25, -0.2) is 0 Å². The van der Waals surface area contributed by atoms with Crippen LogP contribution in [0.5, 0.6) is 0 Å². The van der Waals surface area contributed by atoms with Gasteiger partial charge in [0.05, 0.1) is 6.61 Å². The lowest BCUT2D eigenvalue weighted by molar-refractivity contribution is -0.162. The molecule has 0 aliphatic rings. The molecular weight excluding hydrogens is 180 g/mol. The minimum Gasteiger partial charge on any atom is -0.388 e. The van der Waals surface area contributed by atoms with Gasteiger partial charge >= 0.3 is 0 Å². The number of rotatable bonds is 4. The summed E-state index contributed by atoms with van der Waals surface area (Å²) in [5.41, 5.74) is 2.14. The van der Waals surface area contributed by atoms with Crippen molar-refractivity contribution in [1.29, 1.82) is 0 Å². The Morgan fingerprint density at radius 2 is 2.07 bits per heavy atom. The molecule has 0 fully saturated rings. The number of ether oxygens (including phenoxy) is 1. The van der Waals surface area contributed by atoms with Gasteiger partial charge in [-0.05, 0) is 19.4 Å². The van der Waals surface area contributed by atoms with Crippen molar-refractivity contribution >= 4 is 0 Å². The van der Waals surface area contributed by atoms with E-state index in [1.165, 1.54) is 6.92 Å². The van der Waals surface area contributed by atoms with E-state index in [-0.39, 0.29) is 0 Å². The number of benzene rings is 1. The van der Waals surface area contributed by atoms with Crippen molar-refractivity contribution < 1.29 is 14.9 Å². The van der Waals surface area contributed by atoms with Crippen molar-refractivity contribution in [2.45, 2.75) is 32.8 Å². The van der Waals surface area contributed by atoms with Gasteiger partial charge in [0.15, 0.2) is 6.29 Å². The third-order valence-electron chi connectivity index (χ3n) is 1.92. The normalized spacial score (nSPS) is 15.1. The van der Waals surface area contributed by atoms with E-state index < -0.39 is 12.4 Å². The molecule has 0 aliphatic heterocycles. The molecule has 0 saturated carbocycles. The first-order valence-electron chi connectivity index (χ1n) is 4.63. The molecule has 1 aromatic carbocycles. The number of aliphatic hydroxyl groups excluding tert-OH is 2. The zero-order chi connectivity index (χ0) is 10.6. The van der Waals surface area contributed by atoms with Gasteiger partial charge < -0.3 is 14.9 Å². The van der Waals surface area contributed by atoms with Crippen LogP contribution in [0.25, 0.3) is 0 Å². The fraction of sp³-hybridized carbons (Fsp3) is 0.455. The van der Waals surface area contributed by atoms with E-state index in [1.54, 1.807) is 0 Å². The van der Waals surface area contributed by atoms with Crippen LogP contribution in [0.4, 0.5) is 0 Å². The summed E-state index contributed by atoms with van der Waals surface area (Å²) in [7, 11) is 0. The van der Waals surface area contributed by atoms with Crippen molar-refractivity contribution in [3.05, 3.63) is 35.4 Å². The van der Waals surface area contributed by atoms with E-state index in [0.717, 1.165) is 11.1 Å². The van der Waals surface area contributed by atoms with Gasteiger partial charge in [-0.15, -0.1) is 0 Å². The average Bonchev–Trinajstić information content (AvgIpc) is 2.14. The van der Waals surface area contributed by atoms with Crippen LogP contribution >= 0.6 is 0 Å². The standard InChI is InChI=1S/C11H16O3/c1-8-4-3-5-10(6-8)7-14-11(13)9(2)12/h3-6,9,11-13H,7H2,1-2H3. The first kappa shape index (κ1) is 11.2.